The number of fused-ring (bicyclic) bond motifs is 1. The Kier molecular flexibility index (Phi) is 6.80. The van der Waals surface area contributed by atoms with Crippen LogP contribution in [0.5, 0.6) is 0 Å². The van der Waals surface area contributed by atoms with Crippen LogP contribution in [0.4, 0.5) is 24.8 Å². The maximum Gasteiger partial charge on any atom is 0.416 e. The fourth-order valence-corrected chi connectivity index (χ4v) is 5.93. The van der Waals surface area contributed by atoms with Crippen LogP contribution in [0.1, 0.15) is 71.5 Å². The summed E-state index contributed by atoms with van der Waals surface area (Å²) in [4.78, 5) is 19.7. The average molecular weight is 570 g/mol. The molecule has 0 bridgehead atoms. The summed E-state index contributed by atoms with van der Waals surface area (Å²) in [5.74, 6) is 1.15. The molecule has 0 spiro atoms. The Morgan fingerprint density at radius 3 is 2.51 bits per heavy atom. The first-order valence-electron chi connectivity index (χ1n) is 14.0. The van der Waals surface area contributed by atoms with Crippen molar-refractivity contribution in [1.82, 2.24) is 25.1 Å². The SMILES string of the molecule is CCNc1cc(C2(Cc3nncn3C)COC2)cc(N2Cc3c(cc(CNC4(C)CCC4)cc3C(F)(F)F)C2=O)n1. The van der Waals surface area contributed by atoms with E-state index >= 15 is 0 Å². The molecule has 6 rings (SSSR count). The van der Waals surface area contributed by atoms with Crippen LogP contribution in [0.3, 0.4) is 0 Å². The monoisotopic (exact) mass is 569 g/mol. The van der Waals surface area contributed by atoms with Gasteiger partial charge < -0.3 is 19.9 Å². The van der Waals surface area contributed by atoms with Gasteiger partial charge in [0.2, 0.25) is 0 Å². The predicted octanol–water partition coefficient (Wildman–Crippen LogP) is 4.36. The van der Waals surface area contributed by atoms with Gasteiger partial charge in [-0.05, 0) is 74.1 Å². The van der Waals surface area contributed by atoms with E-state index in [0.29, 0.717) is 43.4 Å². The van der Waals surface area contributed by atoms with Gasteiger partial charge in [0, 0.05) is 43.1 Å². The molecule has 2 aromatic heterocycles. The van der Waals surface area contributed by atoms with E-state index in [4.69, 9.17) is 4.74 Å². The van der Waals surface area contributed by atoms with E-state index in [0.717, 1.165) is 30.7 Å². The molecular formula is C29H34F3N7O2. The number of ether oxygens (including phenoxy) is 1. The molecule has 1 aromatic carbocycles. The van der Waals surface area contributed by atoms with Gasteiger partial charge in [-0.3, -0.25) is 9.69 Å². The van der Waals surface area contributed by atoms with E-state index in [9.17, 15) is 18.0 Å². The topological polar surface area (TPSA) is 97.2 Å². The van der Waals surface area contributed by atoms with Gasteiger partial charge in [-0.15, -0.1) is 10.2 Å². The van der Waals surface area contributed by atoms with E-state index in [1.807, 2.05) is 24.6 Å². The summed E-state index contributed by atoms with van der Waals surface area (Å²) in [6.45, 7) is 5.54. The Morgan fingerprint density at radius 1 is 1.15 bits per heavy atom. The van der Waals surface area contributed by atoms with Crippen molar-refractivity contribution in [3.8, 4) is 0 Å². The number of carbonyl (C=O) groups excluding carboxylic acids is 1. The van der Waals surface area contributed by atoms with Crippen molar-refractivity contribution in [3.63, 3.8) is 0 Å². The minimum atomic E-state index is -4.59. The molecule has 1 amide bonds. The van der Waals surface area contributed by atoms with Gasteiger partial charge in [-0.25, -0.2) is 4.98 Å². The predicted molar refractivity (Wildman–Crippen MR) is 147 cm³/mol. The van der Waals surface area contributed by atoms with E-state index in [2.05, 4.69) is 32.7 Å². The summed E-state index contributed by atoms with van der Waals surface area (Å²) in [7, 11) is 1.87. The summed E-state index contributed by atoms with van der Waals surface area (Å²) in [6, 6.07) is 6.51. The van der Waals surface area contributed by atoms with Crippen molar-refractivity contribution < 1.29 is 22.7 Å². The maximum absolute atomic E-state index is 14.3. The molecule has 4 heterocycles. The quantitative estimate of drug-likeness (QED) is 0.395. The summed E-state index contributed by atoms with van der Waals surface area (Å²) in [5.41, 5.74) is 0.122. The lowest BCUT2D eigenvalue weighted by atomic mass is 9.75. The zero-order valence-electron chi connectivity index (χ0n) is 23.4. The molecule has 0 atom stereocenters. The van der Waals surface area contributed by atoms with E-state index in [-0.39, 0.29) is 29.8 Å². The maximum atomic E-state index is 14.3. The number of alkyl halides is 3. The molecule has 1 saturated heterocycles. The Bertz CT molecular complexity index is 1480. The van der Waals surface area contributed by atoms with Crippen LogP contribution in [-0.2, 0) is 42.9 Å². The Labute approximate surface area is 236 Å². The molecule has 3 aliphatic rings. The molecule has 2 fully saturated rings. The summed E-state index contributed by atoms with van der Waals surface area (Å²) >= 11 is 0. The lowest BCUT2D eigenvalue weighted by Crippen LogP contribution is -2.49. The van der Waals surface area contributed by atoms with Gasteiger partial charge in [0.25, 0.3) is 5.91 Å². The van der Waals surface area contributed by atoms with Gasteiger partial charge in [0.1, 0.15) is 23.8 Å². The standard InChI is InChI=1S/C29H34F3N7O2/c1-4-33-23-10-19(28(15-41-16-28)12-25-37-35-17-38(25)3)11-24(36-23)39-14-21-20(26(39)40)8-18(9-22(21)29(30,31)32)13-34-27(2)6-5-7-27/h8-11,17,34H,4-7,12-16H2,1-3H3,(H,33,36). The third-order valence-electron chi connectivity index (χ3n) is 8.70. The molecule has 1 saturated carbocycles. The minimum Gasteiger partial charge on any atom is -0.379 e. The molecule has 0 unspecified atom stereocenters. The van der Waals surface area contributed by atoms with Gasteiger partial charge in [0.15, 0.2) is 0 Å². The zero-order valence-corrected chi connectivity index (χ0v) is 23.4. The second kappa shape index (κ2) is 10.1. The van der Waals surface area contributed by atoms with Crippen LogP contribution in [0.15, 0.2) is 30.6 Å². The van der Waals surface area contributed by atoms with Crippen LogP contribution < -0.4 is 15.5 Å². The van der Waals surface area contributed by atoms with Gasteiger partial charge >= 0.3 is 6.18 Å². The van der Waals surface area contributed by atoms with Crippen molar-refractivity contribution >= 4 is 17.5 Å². The zero-order chi connectivity index (χ0) is 29.0. The lowest BCUT2D eigenvalue weighted by Gasteiger charge is -2.42. The molecule has 41 heavy (non-hydrogen) atoms. The minimum absolute atomic E-state index is 0.0147. The number of carbonyl (C=O) groups is 1. The molecule has 2 aliphatic heterocycles. The molecule has 218 valence electrons. The van der Waals surface area contributed by atoms with Crippen molar-refractivity contribution in [2.75, 3.05) is 30.0 Å². The normalized spacial score (nSPS) is 19.1. The number of hydrogen-bond donors (Lipinski definition) is 2. The molecule has 2 N–H and O–H groups in total. The first kappa shape index (κ1) is 27.6. The highest BCUT2D eigenvalue weighted by atomic mass is 19.4. The Balaban J connectivity index is 1.36. The van der Waals surface area contributed by atoms with Crippen molar-refractivity contribution in [3.05, 3.63) is 64.2 Å². The number of benzene rings is 1. The van der Waals surface area contributed by atoms with Crippen molar-refractivity contribution in [2.45, 2.75) is 69.8 Å². The number of aryl methyl sites for hydroxylation is 1. The van der Waals surface area contributed by atoms with Crippen LogP contribution in [-0.4, -0.2) is 51.0 Å². The van der Waals surface area contributed by atoms with Crippen LogP contribution in [0, 0.1) is 0 Å². The number of rotatable bonds is 9. The van der Waals surface area contributed by atoms with Crippen LogP contribution in [0.25, 0.3) is 0 Å². The summed E-state index contributed by atoms with van der Waals surface area (Å²) in [5, 5.41) is 14.8. The molecular weight excluding hydrogens is 535 g/mol. The molecule has 12 heteroatoms. The second-order valence-electron chi connectivity index (χ2n) is 11.8. The van der Waals surface area contributed by atoms with Crippen molar-refractivity contribution in [2.24, 2.45) is 7.05 Å². The van der Waals surface area contributed by atoms with Crippen LogP contribution >= 0.6 is 0 Å². The number of hydrogen-bond acceptors (Lipinski definition) is 7. The number of amides is 1. The molecule has 0 radical (unpaired) electrons. The first-order chi connectivity index (χ1) is 19.5. The van der Waals surface area contributed by atoms with Gasteiger partial charge in [-0.2, -0.15) is 13.2 Å². The molecule has 9 nitrogen and oxygen atoms in total. The second-order valence-corrected chi connectivity index (χ2v) is 11.8. The largest absolute Gasteiger partial charge is 0.416 e. The smallest absolute Gasteiger partial charge is 0.379 e. The third kappa shape index (κ3) is 5.07. The summed E-state index contributed by atoms with van der Waals surface area (Å²) < 4.78 is 50.3. The van der Waals surface area contributed by atoms with Gasteiger partial charge in [0.05, 0.1) is 25.3 Å². The van der Waals surface area contributed by atoms with Crippen LogP contribution in [0.2, 0.25) is 0 Å². The summed E-state index contributed by atoms with van der Waals surface area (Å²) in [6.07, 6.45) is 0.665. The Morgan fingerprint density at radius 2 is 1.93 bits per heavy atom. The average Bonchev–Trinajstić information content (AvgIpc) is 3.44. The fourth-order valence-electron chi connectivity index (χ4n) is 5.93. The van der Waals surface area contributed by atoms with E-state index in [1.165, 1.54) is 11.0 Å². The van der Waals surface area contributed by atoms with E-state index in [1.54, 1.807) is 18.5 Å². The number of pyridine rings is 1. The van der Waals surface area contributed by atoms with Gasteiger partial charge in [-0.1, -0.05) is 0 Å². The number of halogens is 3. The number of aromatic nitrogens is 4. The number of nitrogens with one attached hydrogen (secondary N) is 2. The molecule has 1 aliphatic carbocycles. The third-order valence-corrected chi connectivity index (χ3v) is 8.70. The van der Waals surface area contributed by atoms with E-state index < -0.39 is 23.1 Å². The highest BCUT2D eigenvalue weighted by molar-refractivity contribution is 6.10. The number of nitrogens with zero attached hydrogens (tertiary/aromatic N) is 5. The fraction of sp³-hybridized carbons (Fsp3) is 0.517. The highest BCUT2D eigenvalue weighted by Gasteiger charge is 2.44. The first-order valence-corrected chi connectivity index (χ1v) is 14.0. The molecule has 3 aromatic rings. The lowest BCUT2D eigenvalue weighted by molar-refractivity contribution is -0.138. The Hall–Kier alpha value is -3.51. The number of anilines is 2. The highest BCUT2D eigenvalue weighted by Crippen LogP contribution is 2.42. The van der Waals surface area contributed by atoms with Crippen molar-refractivity contribution in [1.29, 1.82) is 0 Å².